The molecule has 0 bridgehead atoms. The van der Waals surface area contributed by atoms with E-state index in [1.54, 1.807) is 18.2 Å². The smallest absolute Gasteiger partial charge is 0.406 e. The molecule has 0 aliphatic carbocycles. The molecule has 37 heavy (non-hydrogen) atoms. The number of alkyl halides is 3. The maximum absolute atomic E-state index is 13.1. The predicted octanol–water partition coefficient (Wildman–Crippen LogP) is 5.70. The number of benzene rings is 3. The number of nitrogens with zero attached hydrogens (tertiary/aromatic N) is 2. The molecule has 1 aromatic heterocycles. The fraction of sp³-hybridized carbons (Fsp3) is 0.286. The number of nitrogens with one attached hydrogen (secondary N) is 1. The van der Waals surface area contributed by atoms with Crippen molar-refractivity contribution in [3.8, 4) is 5.75 Å². The minimum Gasteiger partial charge on any atom is -0.406 e. The Morgan fingerprint density at radius 1 is 0.919 bits per heavy atom. The molecule has 1 N–H and O–H groups in total. The lowest BCUT2D eigenvalue weighted by Crippen LogP contribution is -2.45. The average Bonchev–Trinajstić information content (AvgIpc) is 3.30. The number of aromatic amines is 1. The molecule has 0 radical (unpaired) electrons. The number of fused-ring (bicyclic) bond motifs is 1. The maximum atomic E-state index is 13.1. The van der Waals surface area contributed by atoms with E-state index in [0.717, 1.165) is 53.2 Å². The minimum atomic E-state index is -4.73. The summed E-state index contributed by atoms with van der Waals surface area (Å²) in [5, 5.41) is 2.34. The van der Waals surface area contributed by atoms with Crippen LogP contribution in [0.25, 0.3) is 21.7 Å². The van der Waals surface area contributed by atoms with Crippen LogP contribution in [0.4, 0.5) is 13.2 Å². The number of carbonyl (C=O) groups is 2. The number of hydrogen-bond donors (Lipinski definition) is 1. The van der Waals surface area contributed by atoms with Gasteiger partial charge < -0.3 is 14.6 Å². The maximum Gasteiger partial charge on any atom is 0.573 e. The van der Waals surface area contributed by atoms with Crippen LogP contribution >= 0.6 is 0 Å². The van der Waals surface area contributed by atoms with E-state index in [9.17, 15) is 22.8 Å². The van der Waals surface area contributed by atoms with Crippen LogP contribution in [-0.2, 0) is 0 Å². The number of halogens is 3. The molecule has 3 aromatic carbocycles. The molecule has 1 saturated heterocycles. The van der Waals surface area contributed by atoms with Crippen LogP contribution < -0.4 is 4.74 Å². The summed E-state index contributed by atoms with van der Waals surface area (Å²) in [7, 11) is 0. The van der Waals surface area contributed by atoms with E-state index in [2.05, 4.69) is 14.6 Å². The third-order valence-corrected chi connectivity index (χ3v) is 7.44. The zero-order chi connectivity index (χ0) is 25.7. The number of likely N-dealkylation sites (tertiary alicyclic amines) is 1. The average molecular weight is 508 g/mol. The van der Waals surface area contributed by atoms with Gasteiger partial charge in [-0.05, 0) is 73.1 Å². The second kappa shape index (κ2) is 8.92. The van der Waals surface area contributed by atoms with Gasteiger partial charge in [0.05, 0.1) is 0 Å². The number of H-pyrrole nitrogens is 1. The first-order valence-electron chi connectivity index (χ1n) is 12.3. The highest BCUT2D eigenvalue weighted by Gasteiger charge is 2.34. The zero-order valence-corrected chi connectivity index (χ0v) is 19.8. The van der Waals surface area contributed by atoms with Crippen molar-refractivity contribution < 1.29 is 27.5 Å². The molecule has 6 nitrogen and oxygen atoms in total. The first-order chi connectivity index (χ1) is 17.8. The summed E-state index contributed by atoms with van der Waals surface area (Å²) in [5.41, 5.74) is 2.86. The zero-order valence-electron chi connectivity index (χ0n) is 19.8. The number of carbonyl (C=O) groups excluding carboxylic acids is 2. The Labute approximate surface area is 210 Å². The number of amides is 2. The van der Waals surface area contributed by atoms with Gasteiger partial charge in [-0.25, -0.2) is 0 Å². The summed E-state index contributed by atoms with van der Waals surface area (Å²) in [4.78, 5) is 33.0. The topological polar surface area (TPSA) is 65.6 Å². The molecule has 0 spiro atoms. The Bertz CT molecular complexity index is 1470. The van der Waals surface area contributed by atoms with Gasteiger partial charge in [0.2, 0.25) is 0 Å². The number of aromatic nitrogens is 1. The van der Waals surface area contributed by atoms with Gasteiger partial charge in [-0.15, -0.1) is 13.2 Å². The summed E-state index contributed by atoms with van der Waals surface area (Å²) in [6.07, 6.45) is -1.23. The van der Waals surface area contributed by atoms with Crippen molar-refractivity contribution in [3.05, 3.63) is 77.5 Å². The van der Waals surface area contributed by atoms with E-state index in [-0.39, 0.29) is 23.5 Å². The third kappa shape index (κ3) is 4.33. The molecule has 3 heterocycles. The minimum absolute atomic E-state index is 0.189. The highest BCUT2D eigenvalue weighted by Crippen LogP contribution is 2.36. The molecular formula is C28H24F3N3O3. The van der Waals surface area contributed by atoms with E-state index in [4.69, 9.17) is 0 Å². The summed E-state index contributed by atoms with van der Waals surface area (Å²) < 4.78 is 42.1. The van der Waals surface area contributed by atoms with E-state index < -0.39 is 6.36 Å². The number of hydrogen-bond acceptors (Lipinski definition) is 4. The van der Waals surface area contributed by atoms with Crippen LogP contribution in [0.15, 0.2) is 60.8 Å². The standard InChI is InChI=1S/C28H24F3N3O3/c29-28(30,31)37-19-7-8-24-22(15-19)23(16-32-24)17-9-11-33(12-10-17)13-14-34-26(35)20-5-1-3-18-4-2-6-21(25(18)20)27(34)36/h1-8,15-17,32H,9-14H2. The lowest BCUT2D eigenvalue weighted by atomic mass is 9.89. The first kappa shape index (κ1) is 23.5. The van der Waals surface area contributed by atoms with Crippen LogP contribution in [0.5, 0.6) is 5.75 Å². The van der Waals surface area contributed by atoms with Gasteiger partial charge in [-0.2, -0.15) is 0 Å². The second-order valence-corrected chi connectivity index (χ2v) is 9.59. The molecular weight excluding hydrogens is 483 g/mol. The normalized spacial score (nSPS) is 17.2. The van der Waals surface area contributed by atoms with Crippen LogP contribution in [0.3, 0.4) is 0 Å². The van der Waals surface area contributed by atoms with Crippen molar-refractivity contribution in [2.45, 2.75) is 25.1 Å². The lowest BCUT2D eigenvalue weighted by Gasteiger charge is -2.34. The highest BCUT2D eigenvalue weighted by molar-refractivity contribution is 6.25. The van der Waals surface area contributed by atoms with E-state index in [1.165, 1.54) is 17.0 Å². The van der Waals surface area contributed by atoms with Gasteiger partial charge >= 0.3 is 6.36 Å². The Morgan fingerprint density at radius 2 is 1.59 bits per heavy atom. The van der Waals surface area contributed by atoms with Crippen molar-refractivity contribution >= 4 is 33.5 Å². The fourth-order valence-electron chi connectivity index (χ4n) is 5.65. The summed E-state index contributed by atoms with van der Waals surface area (Å²) in [6.45, 7) is 2.40. The largest absolute Gasteiger partial charge is 0.573 e. The Balaban J connectivity index is 1.11. The van der Waals surface area contributed by atoms with Crippen molar-refractivity contribution in [2.75, 3.05) is 26.2 Å². The van der Waals surface area contributed by atoms with Gasteiger partial charge in [-0.1, -0.05) is 24.3 Å². The lowest BCUT2D eigenvalue weighted by molar-refractivity contribution is -0.274. The second-order valence-electron chi connectivity index (χ2n) is 9.59. The van der Waals surface area contributed by atoms with Gasteiger partial charge in [0.1, 0.15) is 5.75 Å². The molecule has 6 rings (SSSR count). The molecule has 4 aromatic rings. The number of rotatable bonds is 5. The van der Waals surface area contributed by atoms with Crippen molar-refractivity contribution in [2.24, 2.45) is 0 Å². The highest BCUT2D eigenvalue weighted by atomic mass is 19.4. The van der Waals surface area contributed by atoms with Crippen molar-refractivity contribution in [3.63, 3.8) is 0 Å². The van der Waals surface area contributed by atoms with Gasteiger partial charge in [0.25, 0.3) is 11.8 Å². The van der Waals surface area contributed by atoms with Crippen molar-refractivity contribution in [1.82, 2.24) is 14.8 Å². The van der Waals surface area contributed by atoms with E-state index >= 15 is 0 Å². The van der Waals surface area contributed by atoms with E-state index in [1.807, 2.05) is 30.5 Å². The van der Waals surface area contributed by atoms with Crippen LogP contribution in [0.2, 0.25) is 0 Å². The van der Waals surface area contributed by atoms with Gasteiger partial charge in [-0.3, -0.25) is 14.5 Å². The predicted molar refractivity (Wildman–Crippen MR) is 133 cm³/mol. The Morgan fingerprint density at radius 3 is 2.24 bits per heavy atom. The van der Waals surface area contributed by atoms with E-state index in [0.29, 0.717) is 24.2 Å². The molecule has 2 amide bonds. The Kier molecular flexibility index (Phi) is 5.67. The monoisotopic (exact) mass is 507 g/mol. The molecule has 0 saturated carbocycles. The summed E-state index contributed by atoms with van der Waals surface area (Å²) in [6, 6.07) is 15.4. The first-order valence-corrected chi connectivity index (χ1v) is 12.3. The molecule has 190 valence electrons. The molecule has 2 aliphatic heterocycles. The molecule has 1 fully saturated rings. The number of piperidine rings is 1. The number of ether oxygens (including phenoxy) is 1. The molecule has 9 heteroatoms. The summed E-state index contributed by atoms with van der Waals surface area (Å²) in [5.74, 6) is -0.569. The quantitative estimate of drug-likeness (QED) is 0.352. The van der Waals surface area contributed by atoms with Gasteiger partial charge in [0.15, 0.2) is 0 Å². The van der Waals surface area contributed by atoms with Crippen LogP contribution in [-0.4, -0.2) is 59.1 Å². The van der Waals surface area contributed by atoms with Crippen LogP contribution in [0, 0.1) is 0 Å². The third-order valence-electron chi connectivity index (χ3n) is 7.44. The van der Waals surface area contributed by atoms with Crippen molar-refractivity contribution in [1.29, 1.82) is 0 Å². The Hall–Kier alpha value is -3.85. The SMILES string of the molecule is O=C1c2cccc3cccc(c23)C(=O)N1CCN1CCC(c2c[nH]c3ccc(OC(F)(F)F)cc23)CC1. The molecule has 2 aliphatic rings. The molecule has 0 atom stereocenters. The fourth-order valence-corrected chi connectivity index (χ4v) is 5.65. The number of imide groups is 1. The molecule has 0 unspecified atom stereocenters. The van der Waals surface area contributed by atoms with Crippen LogP contribution in [0.1, 0.15) is 45.0 Å². The van der Waals surface area contributed by atoms with Gasteiger partial charge in [0, 0.05) is 46.7 Å². The summed E-state index contributed by atoms with van der Waals surface area (Å²) >= 11 is 0.